The molecule has 1 fully saturated rings. The molecule has 0 spiro atoms. The van der Waals surface area contributed by atoms with Crippen molar-refractivity contribution in [2.45, 2.75) is 65.0 Å². The molecule has 0 aliphatic heterocycles. The van der Waals surface area contributed by atoms with Crippen molar-refractivity contribution in [2.24, 2.45) is 10.9 Å². The summed E-state index contributed by atoms with van der Waals surface area (Å²) in [5.74, 6) is 2.43. The van der Waals surface area contributed by atoms with Gasteiger partial charge in [0.15, 0.2) is 5.96 Å². The van der Waals surface area contributed by atoms with Crippen LogP contribution in [0.25, 0.3) is 0 Å². The van der Waals surface area contributed by atoms with Gasteiger partial charge in [0.2, 0.25) is 11.8 Å². The molecule has 1 aliphatic rings. The van der Waals surface area contributed by atoms with Gasteiger partial charge >= 0.3 is 0 Å². The highest BCUT2D eigenvalue weighted by molar-refractivity contribution is 5.92. The Balaban J connectivity index is 1.50. The fraction of sp³-hybridized carbons (Fsp3) is 0.522. The molecule has 7 heteroatoms. The summed E-state index contributed by atoms with van der Waals surface area (Å²) in [6.07, 6.45) is 6.07. The van der Waals surface area contributed by atoms with Crippen LogP contribution < -0.4 is 16.0 Å². The van der Waals surface area contributed by atoms with E-state index in [0.29, 0.717) is 24.9 Å². The molecule has 3 N–H and O–H groups in total. The van der Waals surface area contributed by atoms with Gasteiger partial charge in [0, 0.05) is 30.6 Å². The van der Waals surface area contributed by atoms with Crippen molar-refractivity contribution in [1.29, 1.82) is 0 Å². The van der Waals surface area contributed by atoms with Gasteiger partial charge < -0.3 is 20.4 Å². The molecule has 1 aromatic carbocycles. The topological polar surface area (TPSA) is 91.5 Å². The molecule has 162 valence electrons. The number of rotatable bonds is 6. The van der Waals surface area contributed by atoms with Gasteiger partial charge in [0.05, 0.1) is 12.7 Å². The third-order valence-electron chi connectivity index (χ3n) is 5.30. The summed E-state index contributed by atoms with van der Waals surface area (Å²) in [4.78, 5) is 20.9. The summed E-state index contributed by atoms with van der Waals surface area (Å²) in [5, 5.41) is 9.56. The maximum absolute atomic E-state index is 12.4. The van der Waals surface area contributed by atoms with E-state index < -0.39 is 0 Å². The second kappa shape index (κ2) is 9.78. The number of carbonyl (C=O) groups is 1. The minimum Gasteiger partial charge on any atom is -0.443 e. The highest BCUT2D eigenvalue weighted by Crippen LogP contribution is 2.26. The fourth-order valence-electron chi connectivity index (χ4n) is 3.50. The van der Waals surface area contributed by atoms with Crippen molar-refractivity contribution in [3.63, 3.8) is 0 Å². The number of nitrogens with one attached hydrogen (secondary N) is 3. The van der Waals surface area contributed by atoms with E-state index in [2.05, 4.69) is 46.7 Å². The minimum atomic E-state index is -0.0661. The van der Waals surface area contributed by atoms with Gasteiger partial charge in [-0.25, -0.2) is 4.98 Å². The third-order valence-corrected chi connectivity index (χ3v) is 5.30. The van der Waals surface area contributed by atoms with Crippen LogP contribution >= 0.6 is 0 Å². The van der Waals surface area contributed by atoms with Crippen LogP contribution in [0.15, 0.2) is 39.9 Å². The molecule has 0 saturated heterocycles. The molecule has 0 atom stereocenters. The third kappa shape index (κ3) is 6.08. The molecule has 1 heterocycles. The van der Waals surface area contributed by atoms with Crippen molar-refractivity contribution >= 4 is 17.6 Å². The molecular formula is C23H33N5O2. The van der Waals surface area contributed by atoms with E-state index in [1.165, 1.54) is 0 Å². The highest BCUT2D eigenvalue weighted by Gasteiger charge is 2.22. The Kier molecular flexibility index (Phi) is 7.13. The fourth-order valence-corrected chi connectivity index (χ4v) is 3.50. The van der Waals surface area contributed by atoms with E-state index in [4.69, 9.17) is 4.42 Å². The van der Waals surface area contributed by atoms with Crippen molar-refractivity contribution in [1.82, 2.24) is 15.6 Å². The number of aliphatic imine (C=N–C) groups is 1. The summed E-state index contributed by atoms with van der Waals surface area (Å²) < 4.78 is 5.80. The summed E-state index contributed by atoms with van der Waals surface area (Å²) in [6.45, 7) is 7.32. The lowest BCUT2D eigenvalue weighted by molar-refractivity contribution is -0.119. The molecule has 7 nitrogen and oxygen atoms in total. The van der Waals surface area contributed by atoms with Crippen LogP contribution in [0.4, 0.5) is 5.69 Å². The first kappa shape index (κ1) is 21.9. The summed E-state index contributed by atoms with van der Waals surface area (Å²) in [6, 6.07) is 7.91. The number of carbonyl (C=O) groups excluding carboxylic acids is 1. The number of aromatic nitrogens is 1. The lowest BCUT2D eigenvalue weighted by atomic mass is 9.94. The lowest BCUT2D eigenvalue weighted by Gasteiger charge is -2.14. The Hall–Kier alpha value is -2.83. The zero-order valence-electron chi connectivity index (χ0n) is 18.4. The van der Waals surface area contributed by atoms with E-state index in [1.807, 2.05) is 24.3 Å². The van der Waals surface area contributed by atoms with Gasteiger partial charge in [-0.1, -0.05) is 45.7 Å². The summed E-state index contributed by atoms with van der Waals surface area (Å²) in [7, 11) is 1.73. The molecule has 1 saturated carbocycles. The van der Waals surface area contributed by atoms with E-state index >= 15 is 0 Å². The Morgan fingerprint density at radius 3 is 2.60 bits per heavy atom. The van der Waals surface area contributed by atoms with Gasteiger partial charge in [-0.15, -0.1) is 0 Å². The highest BCUT2D eigenvalue weighted by atomic mass is 16.4. The first-order valence-electron chi connectivity index (χ1n) is 10.6. The standard InChI is InChI=1S/C23H33N5O2/c1-23(2,3)19-14-25-20(30-19)15-27-22(24-4)26-13-16-8-7-11-18(12-16)28-21(29)17-9-5-6-10-17/h7-8,11-12,14,17H,5-6,9-10,13,15H2,1-4H3,(H,28,29)(H2,24,26,27). The van der Waals surface area contributed by atoms with E-state index in [1.54, 1.807) is 13.2 Å². The van der Waals surface area contributed by atoms with Crippen LogP contribution in [0.5, 0.6) is 0 Å². The van der Waals surface area contributed by atoms with Gasteiger partial charge in [-0.2, -0.15) is 0 Å². The number of amides is 1. The number of oxazole rings is 1. The Labute approximate surface area is 178 Å². The molecule has 2 aromatic rings. The molecule has 1 aliphatic carbocycles. The first-order chi connectivity index (χ1) is 14.3. The van der Waals surface area contributed by atoms with Crippen molar-refractivity contribution in [3.8, 4) is 0 Å². The maximum Gasteiger partial charge on any atom is 0.227 e. The second-order valence-electron chi connectivity index (χ2n) is 8.82. The smallest absolute Gasteiger partial charge is 0.227 e. The average Bonchev–Trinajstić information content (AvgIpc) is 3.40. The quantitative estimate of drug-likeness (QED) is 0.494. The minimum absolute atomic E-state index is 0.0661. The van der Waals surface area contributed by atoms with Gasteiger partial charge in [-0.05, 0) is 30.5 Å². The number of hydrogen-bond acceptors (Lipinski definition) is 4. The number of guanidine groups is 1. The van der Waals surface area contributed by atoms with E-state index in [-0.39, 0.29) is 17.2 Å². The van der Waals surface area contributed by atoms with Crippen molar-refractivity contribution in [2.75, 3.05) is 12.4 Å². The predicted octanol–water partition coefficient (Wildman–Crippen LogP) is 3.97. The lowest BCUT2D eigenvalue weighted by Crippen LogP contribution is -2.36. The van der Waals surface area contributed by atoms with E-state index in [0.717, 1.165) is 42.7 Å². The van der Waals surface area contributed by atoms with Gasteiger partial charge in [0.1, 0.15) is 5.76 Å². The van der Waals surface area contributed by atoms with Gasteiger partial charge in [-0.3, -0.25) is 9.79 Å². The molecule has 1 aromatic heterocycles. The number of benzene rings is 1. The van der Waals surface area contributed by atoms with E-state index in [9.17, 15) is 4.79 Å². The zero-order chi connectivity index (χ0) is 21.6. The molecule has 1 amide bonds. The van der Waals surface area contributed by atoms with Crippen LogP contribution in [0.1, 0.15) is 63.7 Å². The Morgan fingerprint density at radius 2 is 1.93 bits per heavy atom. The molecule has 0 radical (unpaired) electrons. The summed E-state index contributed by atoms with van der Waals surface area (Å²) >= 11 is 0. The van der Waals surface area contributed by atoms with Crippen LogP contribution in [0.2, 0.25) is 0 Å². The van der Waals surface area contributed by atoms with Crippen LogP contribution in [0, 0.1) is 5.92 Å². The average molecular weight is 412 g/mol. The molecule has 0 bridgehead atoms. The SMILES string of the molecule is CN=C(NCc1cccc(NC(=O)C2CCCC2)c1)NCc1ncc(C(C)(C)C)o1. The predicted molar refractivity (Wildman–Crippen MR) is 119 cm³/mol. The number of anilines is 1. The second-order valence-corrected chi connectivity index (χ2v) is 8.82. The van der Waals surface area contributed by atoms with Crippen LogP contribution in [0.3, 0.4) is 0 Å². The van der Waals surface area contributed by atoms with Crippen LogP contribution in [-0.4, -0.2) is 23.9 Å². The van der Waals surface area contributed by atoms with Gasteiger partial charge in [0.25, 0.3) is 0 Å². The monoisotopic (exact) mass is 411 g/mol. The van der Waals surface area contributed by atoms with Crippen LogP contribution in [-0.2, 0) is 23.3 Å². The van der Waals surface area contributed by atoms with Crippen molar-refractivity contribution in [3.05, 3.63) is 47.7 Å². The molecular weight excluding hydrogens is 378 g/mol. The number of nitrogens with zero attached hydrogens (tertiary/aromatic N) is 2. The normalized spacial score (nSPS) is 15.3. The molecule has 0 unspecified atom stereocenters. The molecule has 3 rings (SSSR count). The van der Waals surface area contributed by atoms with Crippen molar-refractivity contribution < 1.29 is 9.21 Å². The first-order valence-corrected chi connectivity index (χ1v) is 10.6. The number of hydrogen-bond donors (Lipinski definition) is 3. The molecule has 30 heavy (non-hydrogen) atoms. The summed E-state index contributed by atoms with van der Waals surface area (Å²) in [5.41, 5.74) is 1.83. The Morgan fingerprint density at radius 1 is 1.20 bits per heavy atom. The zero-order valence-corrected chi connectivity index (χ0v) is 18.4. The maximum atomic E-state index is 12.4. The Bertz CT molecular complexity index is 876. The largest absolute Gasteiger partial charge is 0.443 e.